The molecule has 0 fully saturated rings. The number of carbonyl (C=O) groups is 1. The first-order chi connectivity index (χ1) is 13.9. The SMILES string of the molecule is CS(=O)(=O)NCCc1ccc(C(=O)NCc2cccc(Oc3ccccc3)c2)s1. The van der Waals surface area contributed by atoms with E-state index in [9.17, 15) is 13.2 Å². The molecule has 2 aromatic carbocycles. The molecule has 0 aliphatic carbocycles. The molecule has 1 aromatic heterocycles. The third kappa shape index (κ3) is 7.01. The van der Waals surface area contributed by atoms with Gasteiger partial charge in [0.1, 0.15) is 11.5 Å². The molecule has 29 heavy (non-hydrogen) atoms. The number of nitrogens with one attached hydrogen (secondary N) is 2. The van der Waals surface area contributed by atoms with Gasteiger partial charge in [0, 0.05) is 18.0 Å². The lowest BCUT2D eigenvalue weighted by atomic mass is 10.2. The maximum atomic E-state index is 12.4. The molecule has 3 aromatic rings. The van der Waals surface area contributed by atoms with Gasteiger partial charge in [-0.2, -0.15) is 0 Å². The van der Waals surface area contributed by atoms with E-state index in [1.54, 1.807) is 6.07 Å². The Bertz CT molecular complexity index is 1060. The zero-order chi connectivity index (χ0) is 20.7. The van der Waals surface area contributed by atoms with Gasteiger partial charge >= 0.3 is 0 Å². The number of sulfonamides is 1. The van der Waals surface area contributed by atoms with Crippen molar-refractivity contribution in [1.82, 2.24) is 10.0 Å². The largest absolute Gasteiger partial charge is 0.457 e. The molecule has 6 nitrogen and oxygen atoms in total. The van der Waals surface area contributed by atoms with E-state index in [-0.39, 0.29) is 5.91 Å². The van der Waals surface area contributed by atoms with Gasteiger partial charge in [0.25, 0.3) is 5.91 Å². The van der Waals surface area contributed by atoms with Crippen LogP contribution in [0.2, 0.25) is 0 Å². The van der Waals surface area contributed by atoms with Crippen LogP contribution in [0.4, 0.5) is 0 Å². The van der Waals surface area contributed by atoms with E-state index in [1.165, 1.54) is 11.3 Å². The number of para-hydroxylation sites is 1. The first-order valence-corrected chi connectivity index (χ1v) is 11.7. The van der Waals surface area contributed by atoms with Crippen molar-refractivity contribution in [1.29, 1.82) is 0 Å². The van der Waals surface area contributed by atoms with E-state index in [2.05, 4.69) is 10.0 Å². The van der Waals surface area contributed by atoms with E-state index >= 15 is 0 Å². The van der Waals surface area contributed by atoms with Gasteiger partial charge < -0.3 is 10.1 Å². The number of hydrogen-bond acceptors (Lipinski definition) is 5. The number of ether oxygens (including phenoxy) is 1. The van der Waals surface area contributed by atoms with Gasteiger partial charge in [-0.15, -0.1) is 11.3 Å². The zero-order valence-electron chi connectivity index (χ0n) is 15.9. The van der Waals surface area contributed by atoms with E-state index in [0.717, 1.165) is 22.4 Å². The molecule has 0 radical (unpaired) electrons. The summed E-state index contributed by atoms with van der Waals surface area (Å²) in [6, 6.07) is 20.7. The summed E-state index contributed by atoms with van der Waals surface area (Å²) in [6.45, 7) is 0.697. The van der Waals surface area contributed by atoms with Crippen LogP contribution in [-0.2, 0) is 23.0 Å². The fourth-order valence-electron chi connectivity index (χ4n) is 2.61. The summed E-state index contributed by atoms with van der Waals surface area (Å²) in [5.74, 6) is 1.30. The van der Waals surface area contributed by atoms with Crippen molar-refractivity contribution in [3.05, 3.63) is 82.0 Å². The molecule has 0 atom stereocenters. The zero-order valence-corrected chi connectivity index (χ0v) is 17.6. The average molecular weight is 431 g/mol. The molecule has 0 aliphatic rings. The summed E-state index contributed by atoms with van der Waals surface area (Å²) in [5, 5.41) is 2.90. The molecule has 0 saturated carbocycles. The summed E-state index contributed by atoms with van der Waals surface area (Å²) < 4.78 is 30.5. The summed E-state index contributed by atoms with van der Waals surface area (Å²) in [6.07, 6.45) is 1.67. The number of rotatable bonds is 9. The minimum absolute atomic E-state index is 0.160. The lowest BCUT2D eigenvalue weighted by Crippen LogP contribution is -2.24. The highest BCUT2D eigenvalue weighted by Crippen LogP contribution is 2.22. The van der Waals surface area contributed by atoms with Crippen LogP contribution in [-0.4, -0.2) is 27.1 Å². The van der Waals surface area contributed by atoms with Crippen LogP contribution >= 0.6 is 11.3 Å². The van der Waals surface area contributed by atoms with Crippen molar-refractivity contribution in [3.63, 3.8) is 0 Å². The summed E-state index contributed by atoms with van der Waals surface area (Å²) in [5.41, 5.74) is 0.931. The molecule has 1 heterocycles. The first-order valence-electron chi connectivity index (χ1n) is 9.02. The number of thiophene rings is 1. The average Bonchev–Trinajstić information content (AvgIpc) is 3.15. The quantitative estimate of drug-likeness (QED) is 0.544. The smallest absolute Gasteiger partial charge is 0.261 e. The Balaban J connectivity index is 1.52. The molecule has 0 saturated heterocycles. The lowest BCUT2D eigenvalue weighted by molar-refractivity contribution is 0.0955. The maximum Gasteiger partial charge on any atom is 0.261 e. The predicted molar refractivity (Wildman–Crippen MR) is 115 cm³/mol. The van der Waals surface area contributed by atoms with Crippen molar-refractivity contribution in [2.75, 3.05) is 12.8 Å². The number of amides is 1. The molecule has 3 rings (SSSR count). The summed E-state index contributed by atoms with van der Waals surface area (Å²) in [7, 11) is -3.20. The summed E-state index contributed by atoms with van der Waals surface area (Å²) >= 11 is 1.36. The molecule has 2 N–H and O–H groups in total. The van der Waals surface area contributed by atoms with Crippen LogP contribution < -0.4 is 14.8 Å². The number of benzene rings is 2. The van der Waals surface area contributed by atoms with Crippen LogP contribution in [0.1, 0.15) is 20.1 Å². The molecule has 0 spiro atoms. The second kappa shape index (κ2) is 9.69. The number of hydrogen-bond donors (Lipinski definition) is 2. The van der Waals surface area contributed by atoms with Gasteiger partial charge in [0.15, 0.2) is 0 Å². The normalized spacial score (nSPS) is 11.2. The fourth-order valence-corrected chi connectivity index (χ4v) is 4.00. The standard InChI is InChI=1S/C21H22N2O4S2/c1-29(25,26)23-13-12-19-10-11-20(28-19)21(24)22-15-16-6-5-9-18(14-16)27-17-7-3-2-4-8-17/h2-11,14,23H,12-13,15H2,1H3,(H,22,24). The Morgan fingerprint density at radius 1 is 1.00 bits per heavy atom. The van der Waals surface area contributed by atoms with Crippen LogP contribution in [0, 0.1) is 0 Å². The van der Waals surface area contributed by atoms with Crippen molar-refractivity contribution in [3.8, 4) is 11.5 Å². The lowest BCUT2D eigenvalue weighted by Gasteiger charge is -2.08. The van der Waals surface area contributed by atoms with Crippen LogP contribution in [0.3, 0.4) is 0 Å². The maximum absolute atomic E-state index is 12.4. The molecule has 1 amide bonds. The van der Waals surface area contributed by atoms with Crippen LogP contribution in [0.15, 0.2) is 66.7 Å². The Labute approximate surface area is 174 Å². The van der Waals surface area contributed by atoms with Crippen molar-refractivity contribution in [2.45, 2.75) is 13.0 Å². The fraction of sp³-hybridized carbons (Fsp3) is 0.190. The highest BCUT2D eigenvalue weighted by molar-refractivity contribution is 7.88. The second-order valence-corrected chi connectivity index (χ2v) is 9.43. The van der Waals surface area contributed by atoms with Gasteiger partial charge in [-0.25, -0.2) is 13.1 Å². The van der Waals surface area contributed by atoms with Crippen LogP contribution in [0.5, 0.6) is 11.5 Å². The molecule has 0 aliphatic heterocycles. The van der Waals surface area contributed by atoms with Gasteiger partial charge in [0.2, 0.25) is 10.0 Å². The Hall–Kier alpha value is -2.68. The Morgan fingerprint density at radius 3 is 2.52 bits per heavy atom. The molecule has 8 heteroatoms. The van der Waals surface area contributed by atoms with Crippen molar-refractivity contribution in [2.24, 2.45) is 0 Å². The minimum Gasteiger partial charge on any atom is -0.457 e. The van der Waals surface area contributed by atoms with E-state index in [0.29, 0.717) is 30.1 Å². The van der Waals surface area contributed by atoms with Crippen LogP contribution in [0.25, 0.3) is 0 Å². The Kier molecular flexibility index (Phi) is 7.03. The van der Waals surface area contributed by atoms with Gasteiger partial charge in [-0.05, 0) is 48.4 Å². The number of carbonyl (C=O) groups excluding carboxylic acids is 1. The van der Waals surface area contributed by atoms with E-state index < -0.39 is 10.0 Å². The third-order valence-electron chi connectivity index (χ3n) is 3.95. The molecular weight excluding hydrogens is 408 g/mol. The highest BCUT2D eigenvalue weighted by atomic mass is 32.2. The van der Waals surface area contributed by atoms with Crippen molar-refractivity contribution < 1.29 is 17.9 Å². The van der Waals surface area contributed by atoms with Crippen molar-refractivity contribution >= 4 is 27.3 Å². The Morgan fingerprint density at radius 2 is 1.76 bits per heavy atom. The molecular formula is C21H22N2O4S2. The molecule has 152 valence electrons. The van der Waals surface area contributed by atoms with Gasteiger partial charge in [-0.1, -0.05) is 30.3 Å². The summed E-state index contributed by atoms with van der Waals surface area (Å²) in [4.78, 5) is 13.9. The second-order valence-electron chi connectivity index (χ2n) is 6.43. The van der Waals surface area contributed by atoms with Gasteiger partial charge in [-0.3, -0.25) is 4.79 Å². The molecule has 0 bridgehead atoms. The topological polar surface area (TPSA) is 84.5 Å². The van der Waals surface area contributed by atoms with E-state index in [4.69, 9.17) is 4.74 Å². The third-order valence-corrected chi connectivity index (χ3v) is 5.82. The highest BCUT2D eigenvalue weighted by Gasteiger charge is 2.10. The minimum atomic E-state index is -3.20. The van der Waals surface area contributed by atoms with E-state index in [1.807, 2.05) is 60.7 Å². The van der Waals surface area contributed by atoms with Gasteiger partial charge in [0.05, 0.1) is 11.1 Å². The monoisotopic (exact) mass is 430 g/mol. The first kappa shape index (κ1) is 21.0. The predicted octanol–water partition coefficient (Wildman–Crippen LogP) is 3.56. The molecule has 0 unspecified atom stereocenters.